The molecule has 0 saturated heterocycles. The summed E-state index contributed by atoms with van der Waals surface area (Å²) < 4.78 is 26.3. The van der Waals surface area contributed by atoms with Crippen molar-refractivity contribution >= 4 is 27.3 Å². The lowest BCUT2D eigenvalue weighted by atomic mass is 10.0. The Morgan fingerprint density at radius 2 is 1.95 bits per heavy atom. The molecule has 2 rings (SSSR count). The predicted molar refractivity (Wildman–Crippen MR) is 83.8 cm³/mol. The molecule has 1 fully saturated rings. The Labute approximate surface area is 130 Å². The van der Waals surface area contributed by atoms with Crippen LogP contribution in [0.5, 0.6) is 0 Å². The lowest BCUT2D eigenvalue weighted by molar-refractivity contribution is 0.0333. The molecule has 1 aromatic carbocycles. The van der Waals surface area contributed by atoms with Crippen molar-refractivity contribution in [1.29, 1.82) is 0 Å². The highest BCUT2D eigenvalue weighted by Gasteiger charge is 2.36. The summed E-state index contributed by atoms with van der Waals surface area (Å²) in [6, 6.07) is 2.81. The minimum atomic E-state index is -3.72. The highest BCUT2D eigenvalue weighted by Crippen LogP contribution is 2.32. The van der Waals surface area contributed by atoms with E-state index in [1.165, 1.54) is 23.5 Å². The minimum absolute atomic E-state index is 0.0553. The fourth-order valence-corrected chi connectivity index (χ4v) is 4.30. The van der Waals surface area contributed by atoms with E-state index in [9.17, 15) is 13.5 Å². The van der Waals surface area contributed by atoms with Gasteiger partial charge in [0, 0.05) is 24.3 Å². The van der Waals surface area contributed by atoms with Gasteiger partial charge >= 0.3 is 0 Å². The molecule has 0 spiro atoms. The number of anilines is 1. The van der Waals surface area contributed by atoms with Crippen molar-refractivity contribution in [2.75, 3.05) is 19.3 Å². The zero-order valence-electron chi connectivity index (χ0n) is 12.3. The van der Waals surface area contributed by atoms with Crippen LogP contribution in [0.2, 0.25) is 5.02 Å². The van der Waals surface area contributed by atoms with Crippen LogP contribution in [-0.4, -0.2) is 37.0 Å². The van der Waals surface area contributed by atoms with Gasteiger partial charge in [-0.25, -0.2) is 8.42 Å². The van der Waals surface area contributed by atoms with Gasteiger partial charge in [-0.3, -0.25) is 0 Å². The quantitative estimate of drug-likeness (QED) is 0.827. The first-order valence-electron chi connectivity index (χ1n) is 6.90. The van der Waals surface area contributed by atoms with Crippen LogP contribution in [0.3, 0.4) is 0 Å². The summed E-state index contributed by atoms with van der Waals surface area (Å²) in [7, 11) is -2.25. The van der Waals surface area contributed by atoms with Gasteiger partial charge in [0.2, 0.25) is 10.0 Å². The van der Waals surface area contributed by atoms with Crippen LogP contribution in [0.25, 0.3) is 0 Å². The van der Waals surface area contributed by atoms with Crippen molar-refractivity contribution < 1.29 is 13.5 Å². The Kier molecular flexibility index (Phi) is 4.54. The topological polar surface area (TPSA) is 83.6 Å². The fourth-order valence-electron chi connectivity index (χ4n) is 2.69. The smallest absolute Gasteiger partial charge is 0.243 e. The van der Waals surface area contributed by atoms with Crippen LogP contribution in [0.4, 0.5) is 5.69 Å². The summed E-state index contributed by atoms with van der Waals surface area (Å²) in [5.74, 6) is 0. The Morgan fingerprint density at radius 1 is 1.38 bits per heavy atom. The number of likely N-dealkylation sites (N-methyl/N-ethyl adjacent to an activating group) is 1. The second-order valence-corrected chi connectivity index (χ2v) is 8.26. The lowest BCUT2D eigenvalue weighted by Gasteiger charge is -2.28. The van der Waals surface area contributed by atoms with Gasteiger partial charge in [0.05, 0.1) is 10.5 Å². The van der Waals surface area contributed by atoms with Crippen molar-refractivity contribution in [2.24, 2.45) is 0 Å². The van der Waals surface area contributed by atoms with E-state index in [2.05, 4.69) is 0 Å². The number of nitrogens with zero attached hydrogens (tertiary/aromatic N) is 1. The van der Waals surface area contributed by atoms with E-state index >= 15 is 0 Å². The van der Waals surface area contributed by atoms with E-state index in [4.69, 9.17) is 17.3 Å². The van der Waals surface area contributed by atoms with Crippen LogP contribution in [-0.2, 0) is 10.0 Å². The third kappa shape index (κ3) is 3.34. The first-order chi connectivity index (χ1) is 9.66. The SMILES string of the molecule is Cc1c(N)cc(S(=O)(=O)N(C)CC2(O)CCCC2)cc1Cl. The van der Waals surface area contributed by atoms with Crippen LogP contribution < -0.4 is 5.73 Å². The molecule has 0 unspecified atom stereocenters. The first-order valence-corrected chi connectivity index (χ1v) is 8.72. The van der Waals surface area contributed by atoms with Gasteiger partial charge in [-0.15, -0.1) is 0 Å². The van der Waals surface area contributed by atoms with Crippen LogP contribution in [0.15, 0.2) is 17.0 Å². The molecule has 0 aromatic heterocycles. The largest absolute Gasteiger partial charge is 0.398 e. The van der Waals surface area contributed by atoms with Crippen LogP contribution in [0, 0.1) is 6.92 Å². The average Bonchev–Trinajstić information content (AvgIpc) is 2.81. The molecule has 5 nitrogen and oxygen atoms in total. The van der Waals surface area contributed by atoms with Gasteiger partial charge in [0.25, 0.3) is 0 Å². The molecule has 0 amide bonds. The molecule has 118 valence electrons. The molecule has 1 aliphatic carbocycles. The molecule has 0 heterocycles. The van der Waals surface area contributed by atoms with Crippen LogP contribution >= 0.6 is 11.6 Å². The Balaban J connectivity index is 2.29. The summed E-state index contributed by atoms with van der Waals surface area (Å²) in [5.41, 5.74) is 5.86. The van der Waals surface area contributed by atoms with Gasteiger partial charge in [0.15, 0.2) is 0 Å². The molecule has 1 aliphatic rings. The maximum atomic E-state index is 12.6. The number of hydrogen-bond donors (Lipinski definition) is 2. The van der Waals surface area contributed by atoms with Gasteiger partial charge in [-0.2, -0.15) is 4.31 Å². The predicted octanol–water partition coefficient (Wildman–Crippen LogP) is 2.16. The van der Waals surface area contributed by atoms with E-state index < -0.39 is 15.6 Å². The molecule has 0 aliphatic heterocycles. The first kappa shape index (κ1) is 16.5. The summed E-state index contributed by atoms with van der Waals surface area (Å²) in [6.07, 6.45) is 3.11. The number of aliphatic hydroxyl groups is 1. The summed E-state index contributed by atoms with van der Waals surface area (Å²) in [5, 5.41) is 10.7. The number of rotatable bonds is 4. The fraction of sp³-hybridized carbons (Fsp3) is 0.571. The Hall–Kier alpha value is -0.820. The maximum absolute atomic E-state index is 12.6. The number of nitrogen functional groups attached to an aromatic ring is 1. The summed E-state index contributed by atoms with van der Waals surface area (Å²) in [4.78, 5) is 0.0553. The number of halogens is 1. The third-order valence-electron chi connectivity index (χ3n) is 4.12. The Bertz CT molecular complexity index is 617. The van der Waals surface area contributed by atoms with Gasteiger partial charge in [-0.1, -0.05) is 24.4 Å². The van der Waals surface area contributed by atoms with Crippen molar-refractivity contribution in [2.45, 2.75) is 43.1 Å². The molecule has 0 radical (unpaired) electrons. The van der Waals surface area contributed by atoms with Gasteiger partial charge < -0.3 is 10.8 Å². The normalized spacial score (nSPS) is 18.3. The van der Waals surface area contributed by atoms with Gasteiger partial charge in [0.1, 0.15) is 0 Å². The van der Waals surface area contributed by atoms with Crippen molar-refractivity contribution in [3.8, 4) is 0 Å². The van der Waals surface area contributed by atoms with E-state index in [1.807, 2.05) is 0 Å². The molecule has 7 heteroatoms. The molecular weight excluding hydrogens is 312 g/mol. The third-order valence-corrected chi connectivity index (χ3v) is 6.29. The zero-order chi connectivity index (χ0) is 15.8. The second-order valence-electron chi connectivity index (χ2n) is 5.81. The average molecular weight is 333 g/mol. The molecule has 1 saturated carbocycles. The van der Waals surface area contributed by atoms with E-state index in [0.29, 0.717) is 29.1 Å². The molecule has 0 atom stereocenters. The number of nitrogens with two attached hydrogens (primary N) is 1. The zero-order valence-corrected chi connectivity index (χ0v) is 13.8. The second kappa shape index (κ2) is 5.76. The molecular formula is C14H21ClN2O3S. The number of hydrogen-bond acceptors (Lipinski definition) is 4. The van der Waals surface area contributed by atoms with E-state index in [1.54, 1.807) is 6.92 Å². The lowest BCUT2D eigenvalue weighted by Crippen LogP contribution is -2.42. The van der Waals surface area contributed by atoms with Crippen molar-refractivity contribution in [3.05, 3.63) is 22.7 Å². The molecule has 21 heavy (non-hydrogen) atoms. The highest BCUT2D eigenvalue weighted by atomic mass is 35.5. The maximum Gasteiger partial charge on any atom is 0.243 e. The highest BCUT2D eigenvalue weighted by molar-refractivity contribution is 7.89. The van der Waals surface area contributed by atoms with E-state index in [-0.39, 0.29) is 11.4 Å². The summed E-state index contributed by atoms with van der Waals surface area (Å²) in [6.45, 7) is 1.82. The van der Waals surface area contributed by atoms with Crippen molar-refractivity contribution in [1.82, 2.24) is 4.31 Å². The molecule has 1 aromatic rings. The van der Waals surface area contributed by atoms with E-state index in [0.717, 1.165) is 12.8 Å². The minimum Gasteiger partial charge on any atom is -0.398 e. The van der Waals surface area contributed by atoms with Crippen molar-refractivity contribution in [3.63, 3.8) is 0 Å². The molecule has 0 bridgehead atoms. The Morgan fingerprint density at radius 3 is 2.48 bits per heavy atom. The van der Waals surface area contributed by atoms with Crippen LogP contribution in [0.1, 0.15) is 31.2 Å². The number of benzene rings is 1. The summed E-state index contributed by atoms with van der Waals surface area (Å²) >= 11 is 6.02. The standard InChI is InChI=1S/C14H21ClN2O3S/c1-10-12(15)7-11(8-13(10)16)21(19,20)17(2)9-14(18)5-3-4-6-14/h7-8,18H,3-6,9,16H2,1-2H3. The monoisotopic (exact) mass is 332 g/mol. The van der Waals surface area contributed by atoms with Gasteiger partial charge in [-0.05, 0) is 37.5 Å². The molecule has 3 N–H and O–H groups in total. The number of sulfonamides is 1.